The van der Waals surface area contributed by atoms with Gasteiger partial charge >= 0.3 is 0 Å². The topological polar surface area (TPSA) is 29.5 Å². The van der Waals surface area contributed by atoms with Crippen LogP contribution in [0.15, 0.2) is 59.8 Å². The number of nitrogens with zero attached hydrogens (tertiary/aromatic N) is 1. The average molecular weight is 255 g/mol. The van der Waals surface area contributed by atoms with E-state index in [9.17, 15) is 4.79 Å². The third kappa shape index (κ3) is 2.94. The van der Waals surface area contributed by atoms with E-state index in [-0.39, 0.29) is 5.78 Å². The molecule has 1 aliphatic carbocycles. The van der Waals surface area contributed by atoms with E-state index in [2.05, 4.69) is 0 Å². The van der Waals surface area contributed by atoms with E-state index in [4.69, 9.17) is 4.74 Å². The Bertz CT molecular complexity index is 563. The van der Waals surface area contributed by atoms with Crippen molar-refractivity contribution in [1.82, 2.24) is 4.90 Å². The molecule has 0 aliphatic heterocycles. The predicted molar refractivity (Wildman–Crippen MR) is 76.3 cm³/mol. The van der Waals surface area contributed by atoms with Gasteiger partial charge in [-0.25, -0.2) is 0 Å². The Balaban J connectivity index is 2.24. The van der Waals surface area contributed by atoms with Crippen molar-refractivity contribution in [2.75, 3.05) is 21.2 Å². The SMILES string of the molecule is COc1ccc(C(=O)C2=CC=C/C2=C\N(C)C)cc1. The van der Waals surface area contributed by atoms with Crippen molar-refractivity contribution < 1.29 is 9.53 Å². The molecule has 0 atom stereocenters. The number of carbonyl (C=O) groups is 1. The molecule has 0 N–H and O–H groups in total. The molecule has 0 spiro atoms. The highest BCUT2D eigenvalue weighted by Crippen LogP contribution is 2.24. The third-order valence-electron chi connectivity index (χ3n) is 2.84. The second-order valence-electron chi connectivity index (χ2n) is 4.55. The number of carbonyl (C=O) groups excluding carboxylic acids is 1. The monoisotopic (exact) mass is 255 g/mol. The molecule has 0 unspecified atom stereocenters. The van der Waals surface area contributed by atoms with Gasteiger partial charge in [0.1, 0.15) is 5.75 Å². The summed E-state index contributed by atoms with van der Waals surface area (Å²) in [5.41, 5.74) is 2.32. The van der Waals surface area contributed by atoms with E-state index in [1.807, 2.05) is 43.4 Å². The van der Waals surface area contributed by atoms with Gasteiger partial charge in [0.2, 0.25) is 0 Å². The van der Waals surface area contributed by atoms with Crippen LogP contribution in [0.25, 0.3) is 0 Å². The maximum Gasteiger partial charge on any atom is 0.193 e. The lowest BCUT2D eigenvalue weighted by Crippen LogP contribution is -2.07. The summed E-state index contributed by atoms with van der Waals surface area (Å²) in [6.45, 7) is 0. The molecule has 2 rings (SSSR count). The second kappa shape index (κ2) is 5.57. The Morgan fingerprint density at radius 3 is 2.47 bits per heavy atom. The first-order valence-corrected chi connectivity index (χ1v) is 6.07. The minimum atomic E-state index is 0.0285. The highest BCUT2D eigenvalue weighted by atomic mass is 16.5. The number of rotatable bonds is 4. The van der Waals surface area contributed by atoms with Gasteiger partial charge in [0.15, 0.2) is 5.78 Å². The van der Waals surface area contributed by atoms with Gasteiger partial charge in [-0.05, 0) is 24.3 Å². The lowest BCUT2D eigenvalue weighted by atomic mass is 9.99. The van der Waals surface area contributed by atoms with Crippen LogP contribution in [-0.4, -0.2) is 31.9 Å². The van der Waals surface area contributed by atoms with Gasteiger partial charge < -0.3 is 9.64 Å². The fourth-order valence-electron chi connectivity index (χ4n) is 1.93. The summed E-state index contributed by atoms with van der Waals surface area (Å²) in [7, 11) is 5.49. The Hall–Kier alpha value is -2.29. The number of ether oxygens (including phenoxy) is 1. The van der Waals surface area contributed by atoms with Crippen LogP contribution in [0.5, 0.6) is 5.75 Å². The first-order chi connectivity index (χ1) is 9.11. The number of hydrogen-bond acceptors (Lipinski definition) is 3. The Labute approximate surface area is 113 Å². The molecular weight excluding hydrogens is 238 g/mol. The maximum absolute atomic E-state index is 12.4. The molecule has 19 heavy (non-hydrogen) atoms. The second-order valence-corrected chi connectivity index (χ2v) is 4.55. The average Bonchev–Trinajstić information content (AvgIpc) is 2.85. The van der Waals surface area contributed by atoms with Crippen LogP contribution in [0.4, 0.5) is 0 Å². The van der Waals surface area contributed by atoms with E-state index < -0.39 is 0 Å². The lowest BCUT2D eigenvalue weighted by molar-refractivity contribution is 0.103. The molecule has 0 heterocycles. The Morgan fingerprint density at radius 2 is 1.89 bits per heavy atom. The van der Waals surface area contributed by atoms with Crippen molar-refractivity contribution >= 4 is 5.78 Å². The fourth-order valence-corrected chi connectivity index (χ4v) is 1.93. The number of methoxy groups -OCH3 is 1. The summed E-state index contributed by atoms with van der Waals surface area (Å²) in [5.74, 6) is 0.778. The van der Waals surface area contributed by atoms with Crippen molar-refractivity contribution in [2.45, 2.75) is 0 Å². The van der Waals surface area contributed by atoms with E-state index in [1.54, 1.807) is 31.4 Å². The molecule has 0 amide bonds. The first-order valence-electron chi connectivity index (χ1n) is 6.07. The van der Waals surface area contributed by atoms with Crippen molar-refractivity contribution in [3.05, 3.63) is 65.4 Å². The third-order valence-corrected chi connectivity index (χ3v) is 2.84. The van der Waals surface area contributed by atoms with Crippen molar-refractivity contribution in [3.8, 4) is 5.75 Å². The number of ketones is 1. The summed E-state index contributed by atoms with van der Waals surface area (Å²) in [6, 6.07) is 7.16. The molecule has 0 saturated heterocycles. The number of allylic oxidation sites excluding steroid dienone is 5. The standard InChI is InChI=1S/C16H17NO2/c1-17(2)11-13-5-4-6-15(13)16(18)12-7-9-14(19-3)10-8-12/h4-11H,1-3H3/b13-11+. The van der Waals surface area contributed by atoms with Crippen LogP contribution in [-0.2, 0) is 0 Å². The number of Topliss-reactive ketones (excluding diaryl/α,β-unsaturated/α-hetero) is 1. The van der Waals surface area contributed by atoms with Crippen molar-refractivity contribution in [1.29, 1.82) is 0 Å². The van der Waals surface area contributed by atoms with Gasteiger partial charge in [-0.2, -0.15) is 0 Å². The van der Waals surface area contributed by atoms with Crippen LogP contribution in [0, 0.1) is 0 Å². The van der Waals surface area contributed by atoms with Crippen molar-refractivity contribution in [2.24, 2.45) is 0 Å². The predicted octanol–water partition coefficient (Wildman–Crippen LogP) is 2.82. The molecule has 0 radical (unpaired) electrons. The minimum Gasteiger partial charge on any atom is -0.497 e. The smallest absolute Gasteiger partial charge is 0.193 e. The Morgan fingerprint density at radius 1 is 1.21 bits per heavy atom. The Kier molecular flexibility index (Phi) is 3.85. The van der Waals surface area contributed by atoms with E-state index >= 15 is 0 Å². The lowest BCUT2D eigenvalue weighted by Gasteiger charge is -2.09. The fraction of sp³-hybridized carbons (Fsp3) is 0.188. The van der Waals surface area contributed by atoms with Crippen LogP contribution in [0.1, 0.15) is 10.4 Å². The van der Waals surface area contributed by atoms with Crippen LogP contribution in [0.3, 0.4) is 0 Å². The molecule has 0 fully saturated rings. The zero-order valence-corrected chi connectivity index (χ0v) is 11.4. The normalized spacial score (nSPS) is 15.5. The zero-order valence-electron chi connectivity index (χ0n) is 11.4. The quantitative estimate of drug-likeness (QED) is 0.775. The van der Waals surface area contributed by atoms with Crippen molar-refractivity contribution in [3.63, 3.8) is 0 Å². The largest absolute Gasteiger partial charge is 0.497 e. The van der Waals surface area contributed by atoms with Gasteiger partial charge in [-0.15, -0.1) is 0 Å². The summed E-state index contributed by atoms with van der Waals surface area (Å²) in [5, 5.41) is 0. The highest BCUT2D eigenvalue weighted by molar-refractivity contribution is 6.12. The molecule has 0 saturated carbocycles. The van der Waals surface area contributed by atoms with Crippen LogP contribution < -0.4 is 4.74 Å². The van der Waals surface area contributed by atoms with Gasteiger partial charge in [-0.3, -0.25) is 4.79 Å². The summed E-state index contributed by atoms with van der Waals surface area (Å²) in [4.78, 5) is 14.4. The van der Waals surface area contributed by atoms with E-state index in [0.717, 1.165) is 16.9 Å². The van der Waals surface area contributed by atoms with E-state index in [0.29, 0.717) is 5.56 Å². The van der Waals surface area contributed by atoms with Gasteiger partial charge in [-0.1, -0.05) is 18.2 Å². The maximum atomic E-state index is 12.4. The van der Waals surface area contributed by atoms with Gasteiger partial charge in [0, 0.05) is 37.0 Å². The van der Waals surface area contributed by atoms with Gasteiger partial charge in [0.25, 0.3) is 0 Å². The molecule has 1 aliphatic rings. The number of benzene rings is 1. The molecule has 1 aromatic rings. The van der Waals surface area contributed by atoms with E-state index in [1.165, 1.54) is 0 Å². The molecule has 0 aromatic heterocycles. The first kappa shape index (κ1) is 13.1. The molecular formula is C16H17NO2. The molecule has 1 aromatic carbocycles. The summed E-state index contributed by atoms with van der Waals surface area (Å²) in [6.07, 6.45) is 7.63. The minimum absolute atomic E-state index is 0.0285. The summed E-state index contributed by atoms with van der Waals surface area (Å²) >= 11 is 0. The zero-order chi connectivity index (χ0) is 13.8. The van der Waals surface area contributed by atoms with Gasteiger partial charge in [0.05, 0.1) is 7.11 Å². The van der Waals surface area contributed by atoms with Crippen LogP contribution >= 0.6 is 0 Å². The highest BCUT2D eigenvalue weighted by Gasteiger charge is 2.17. The molecule has 3 nitrogen and oxygen atoms in total. The summed E-state index contributed by atoms with van der Waals surface area (Å²) < 4.78 is 5.09. The molecule has 3 heteroatoms. The molecule has 98 valence electrons. The molecule has 0 bridgehead atoms. The van der Waals surface area contributed by atoms with Crippen LogP contribution in [0.2, 0.25) is 0 Å². The number of hydrogen-bond donors (Lipinski definition) is 0.